The number of hydrogen-bond acceptors (Lipinski definition) is 6. The van der Waals surface area contributed by atoms with E-state index in [1.807, 2.05) is 12.1 Å². The highest BCUT2D eigenvalue weighted by atomic mass is 35.5. The summed E-state index contributed by atoms with van der Waals surface area (Å²) >= 11 is 5.93. The molecule has 0 fully saturated rings. The largest absolute Gasteiger partial charge is 0.490 e. The number of aromatic nitrogens is 2. The van der Waals surface area contributed by atoms with Crippen LogP contribution in [0.4, 0.5) is 5.69 Å². The van der Waals surface area contributed by atoms with E-state index in [4.69, 9.17) is 16.3 Å². The number of halogens is 1. The molecule has 0 atom stereocenters. The lowest BCUT2D eigenvalue weighted by molar-refractivity contribution is -0.385. The molecule has 0 aliphatic carbocycles. The number of hydrogen-bond donors (Lipinski definition) is 1. The van der Waals surface area contributed by atoms with Crippen LogP contribution in [-0.4, -0.2) is 33.4 Å². The van der Waals surface area contributed by atoms with Gasteiger partial charge in [0.15, 0.2) is 5.75 Å². The van der Waals surface area contributed by atoms with E-state index in [-0.39, 0.29) is 17.0 Å². The van der Waals surface area contributed by atoms with Crippen molar-refractivity contribution in [2.45, 2.75) is 19.5 Å². The van der Waals surface area contributed by atoms with Crippen molar-refractivity contribution < 1.29 is 9.66 Å². The van der Waals surface area contributed by atoms with Gasteiger partial charge >= 0.3 is 5.69 Å². The molecular weight excluding hydrogens is 408 g/mol. The summed E-state index contributed by atoms with van der Waals surface area (Å²) in [5.41, 5.74) is 2.75. The predicted molar refractivity (Wildman–Crippen MR) is 113 cm³/mol. The second kappa shape index (κ2) is 8.25. The predicted octanol–water partition coefficient (Wildman–Crippen LogP) is 3.57. The van der Waals surface area contributed by atoms with Crippen LogP contribution in [0.5, 0.6) is 5.75 Å². The highest BCUT2D eigenvalue weighted by molar-refractivity contribution is 6.30. The van der Waals surface area contributed by atoms with Crippen LogP contribution in [0.2, 0.25) is 5.02 Å². The lowest BCUT2D eigenvalue weighted by Crippen LogP contribution is -2.35. The Morgan fingerprint density at radius 1 is 1.27 bits per heavy atom. The first-order chi connectivity index (χ1) is 14.4. The van der Waals surface area contributed by atoms with Gasteiger partial charge in [-0.2, -0.15) is 0 Å². The van der Waals surface area contributed by atoms with Crippen molar-refractivity contribution in [2.75, 3.05) is 13.7 Å². The number of nitrogens with one attached hydrogen (secondary N) is 1. The zero-order chi connectivity index (χ0) is 21.3. The SMILES string of the molecule is COc1ccc(CN2CCc3nc(-c4ccc(Cl)cc4)[nH]c(=O)c3C2)cc1[N+](=O)[O-]. The van der Waals surface area contributed by atoms with E-state index >= 15 is 0 Å². The van der Waals surface area contributed by atoms with Crippen LogP contribution in [0.15, 0.2) is 47.3 Å². The van der Waals surface area contributed by atoms with E-state index in [1.54, 1.807) is 24.3 Å². The normalized spacial score (nSPS) is 13.7. The maximum absolute atomic E-state index is 12.7. The third kappa shape index (κ3) is 4.05. The molecule has 1 N–H and O–H groups in total. The molecule has 2 heterocycles. The molecule has 0 unspecified atom stereocenters. The molecule has 1 aromatic heterocycles. The molecule has 0 radical (unpaired) electrons. The fourth-order valence-corrected chi connectivity index (χ4v) is 3.72. The third-order valence-corrected chi connectivity index (χ3v) is 5.36. The number of nitro groups is 1. The Balaban J connectivity index is 1.56. The Labute approximate surface area is 177 Å². The minimum Gasteiger partial charge on any atom is -0.490 e. The highest BCUT2D eigenvalue weighted by Crippen LogP contribution is 2.29. The van der Waals surface area contributed by atoms with Gasteiger partial charge in [0.25, 0.3) is 5.56 Å². The Morgan fingerprint density at radius 2 is 2.03 bits per heavy atom. The van der Waals surface area contributed by atoms with Crippen molar-refractivity contribution in [3.05, 3.63) is 84.8 Å². The number of nitro benzene ring substituents is 1. The van der Waals surface area contributed by atoms with Gasteiger partial charge in [0.05, 0.1) is 23.3 Å². The first kappa shape index (κ1) is 20.1. The van der Waals surface area contributed by atoms with Gasteiger partial charge in [0.1, 0.15) is 5.82 Å². The van der Waals surface area contributed by atoms with Crippen LogP contribution < -0.4 is 10.3 Å². The molecule has 30 heavy (non-hydrogen) atoms. The molecule has 8 nitrogen and oxygen atoms in total. The summed E-state index contributed by atoms with van der Waals surface area (Å²) in [4.78, 5) is 33.1. The van der Waals surface area contributed by atoms with Crippen molar-refractivity contribution in [1.29, 1.82) is 0 Å². The Hall–Kier alpha value is -3.23. The monoisotopic (exact) mass is 426 g/mol. The second-order valence-corrected chi connectivity index (χ2v) is 7.51. The zero-order valence-electron chi connectivity index (χ0n) is 16.2. The average molecular weight is 427 g/mol. The van der Waals surface area contributed by atoms with E-state index in [2.05, 4.69) is 14.9 Å². The van der Waals surface area contributed by atoms with Crippen molar-refractivity contribution in [3.8, 4) is 17.1 Å². The molecule has 0 saturated heterocycles. The van der Waals surface area contributed by atoms with Crippen molar-refractivity contribution in [2.24, 2.45) is 0 Å². The summed E-state index contributed by atoms with van der Waals surface area (Å²) in [6.07, 6.45) is 0.623. The van der Waals surface area contributed by atoms with Crippen molar-refractivity contribution >= 4 is 17.3 Å². The van der Waals surface area contributed by atoms with Gasteiger partial charge in [0.2, 0.25) is 0 Å². The van der Waals surface area contributed by atoms with Gasteiger partial charge in [-0.3, -0.25) is 19.8 Å². The average Bonchev–Trinajstić information content (AvgIpc) is 2.74. The number of methoxy groups -OCH3 is 1. The van der Waals surface area contributed by atoms with E-state index in [0.29, 0.717) is 42.5 Å². The third-order valence-electron chi connectivity index (χ3n) is 5.11. The van der Waals surface area contributed by atoms with Gasteiger partial charge in [-0.15, -0.1) is 0 Å². The minimum atomic E-state index is -0.458. The van der Waals surface area contributed by atoms with E-state index in [9.17, 15) is 14.9 Å². The molecule has 2 aromatic carbocycles. The van der Waals surface area contributed by atoms with Gasteiger partial charge < -0.3 is 9.72 Å². The van der Waals surface area contributed by atoms with E-state index in [1.165, 1.54) is 13.2 Å². The van der Waals surface area contributed by atoms with Crippen LogP contribution >= 0.6 is 11.6 Å². The summed E-state index contributed by atoms with van der Waals surface area (Å²) in [5, 5.41) is 11.9. The maximum Gasteiger partial charge on any atom is 0.311 e. The number of benzene rings is 2. The van der Waals surface area contributed by atoms with E-state index < -0.39 is 4.92 Å². The van der Waals surface area contributed by atoms with Crippen molar-refractivity contribution in [1.82, 2.24) is 14.9 Å². The number of rotatable bonds is 5. The molecule has 3 aromatic rings. The summed E-state index contributed by atoms with van der Waals surface area (Å²) in [6, 6.07) is 12.1. The Bertz CT molecular complexity index is 1160. The molecule has 0 spiro atoms. The topological polar surface area (TPSA) is 101 Å². The smallest absolute Gasteiger partial charge is 0.311 e. The number of ether oxygens (including phenoxy) is 1. The summed E-state index contributed by atoms with van der Waals surface area (Å²) in [5.74, 6) is 0.748. The van der Waals surface area contributed by atoms with Gasteiger partial charge in [-0.05, 0) is 35.9 Å². The Morgan fingerprint density at radius 3 is 2.73 bits per heavy atom. The summed E-state index contributed by atoms with van der Waals surface area (Å²) in [6.45, 7) is 1.62. The fraction of sp³-hybridized carbons (Fsp3) is 0.238. The van der Waals surface area contributed by atoms with Crippen LogP contribution in [0.3, 0.4) is 0 Å². The summed E-state index contributed by atoms with van der Waals surface area (Å²) in [7, 11) is 1.40. The molecule has 9 heteroatoms. The van der Waals surface area contributed by atoms with Crippen LogP contribution in [0.1, 0.15) is 16.8 Å². The quantitative estimate of drug-likeness (QED) is 0.494. The molecule has 0 saturated carbocycles. The van der Waals surface area contributed by atoms with Crippen LogP contribution in [0, 0.1) is 10.1 Å². The molecule has 154 valence electrons. The first-order valence-electron chi connectivity index (χ1n) is 9.36. The summed E-state index contributed by atoms with van der Waals surface area (Å²) < 4.78 is 5.05. The Kier molecular flexibility index (Phi) is 5.52. The molecule has 1 aliphatic rings. The van der Waals surface area contributed by atoms with Crippen molar-refractivity contribution in [3.63, 3.8) is 0 Å². The number of nitrogens with zero attached hydrogens (tertiary/aromatic N) is 3. The highest BCUT2D eigenvalue weighted by Gasteiger charge is 2.23. The van der Waals surface area contributed by atoms with Gasteiger partial charge in [-0.1, -0.05) is 17.7 Å². The number of aromatic amines is 1. The fourth-order valence-electron chi connectivity index (χ4n) is 3.60. The van der Waals surface area contributed by atoms with Crippen LogP contribution in [-0.2, 0) is 19.5 Å². The first-order valence-corrected chi connectivity index (χ1v) is 9.74. The zero-order valence-corrected chi connectivity index (χ0v) is 17.0. The lowest BCUT2D eigenvalue weighted by atomic mass is 10.0. The molecular formula is C21H19ClN4O4. The second-order valence-electron chi connectivity index (χ2n) is 7.07. The maximum atomic E-state index is 12.7. The number of H-pyrrole nitrogens is 1. The van der Waals surface area contributed by atoms with E-state index in [0.717, 1.165) is 16.8 Å². The minimum absolute atomic E-state index is 0.0699. The lowest BCUT2D eigenvalue weighted by Gasteiger charge is -2.27. The molecule has 1 aliphatic heterocycles. The standard InChI is InChI=1S/C21H19ClN4O4/c1-30-19-7-2-13(10-18(19)26(28)29)11-25-9-8-17-16(12-25)21(27)24-20(23-17)14-3-5-15(22)6-4-14/h2-7,10H,8-9,11-12H2,1H3,(H,23,24,27). The number of fused-ring (bicyclic) bond motifs is 1. The molecule has 0 bridgehead atoms. The molecule has 4 rings (SSSR count). The van der Waals surface area contributed by atoms with Gasteiger partial charge in [0, 0.05) is 42.7 Å². The molecule has 0 amide bonds. The van der Waals surface area contributed by atoms with Gasteiger partial charge in [-0.25, -0.2) is 4.98 Å². The van der Waals surface area contributed by atoms with Crippen LogP contribution in [0.25, 0.3) is 11.4 Å².